The number of nitrogens with two attached hydrogens (primary N) is 2. The molecule has 10 unspecified atom stereocenters. The summed E-state index contributed by atoms with van der Waals surface area (Å²) in [7, 11) is 0. The molecule has 0 radical (unpaired) electrons. The molecular weight excluding hydrogens is 832 g/mol. The van der Waals surface area contributed by atoms with E-state index >= 15 is 0 Å². The lowest BCUT2D eigenvalue weighted by molar-refractivity contribution is -0.0511. The Hall–Kier alpha value is -4.10. The van der Waals surface area contributed by atoms with Crippen LogP contribution < -0.4 is 32.7 Å². The zero-order valence-electron chi connectivity index (χ0n) is 38.3. The number of aliphatic hydroxyl groups excluding tert-OH is 2. The molecule has 10 atom stereocenters. The smallest absolute Gasteiger partial charge is 0.411 e. The number of hydrogen-bond donors (Lipinski definition) is 8. The molecule has 0 bridgehead atoms. The van der Waals surface area contributed by atoms with E-state index < -0.39 is 75.1 Å². The second kappa shape index (κ2) is 32.5. The highest BCUT2D eigenvalue weighted by molar-refractivity contribution is 5.89. The van der Waals surface area contributed by atoms with Gasteiger partial charge in [-0.2, -0.15) is 0 Å². The van der Waals surface area contributed by atoms with Gasteiger partial charge in [0.1, 0.15) is 13.2 Å². The highest BCUT2D eigenvalue weighted by atomic mass is 16.6. The maximum Gasteiger partial charge on any atom is 0.411 e. The van der Waals surface area contributed by atoms with Crippen molar-refractivity contribution in [3.05, 3.63) is 23.8 Å². The Morgan fingerprint density at radius 2 is 0.921 bits per heavy atom. The molecule has 1 aromatic rings. The second-order valence-electron chi connectivity index (χ2n) is 15.6. The lowest BCUT2D eigenvalue weighted by atomic mass is 10.2. The van der Waals surface area contributed by atoms with Crippen LogP contribution in [0.25, 0.3) is 0 Å². The van der Waals surface area contributed by atoms with Gasteiger partial charge in [0.2, 0.25) is 0 Å². The average Bonchev–Trinajstić information content (AvgIpc) is 3.21. The lowest BCUT2D eigenvalue weighted by Gasteiger charge is -2.21. The van der Waals surface area contributed by atoms with Gasteiger partial charge in [-0.3, -0.25) is 10.6 Å². The number of amides is 4. The molecule has 1 aromatic carbocycles. The quantitative estimate of drug-likeness (QED) is 0.0482. The largest absolute Gasteiger partial charge is 0.445 e. The van der Waals surface area contributed by atoms with E-state index in [1.54, 1.807) is 32.9 Å². The highest BCUT2D eigenvalue weighted by Crippen LogP contribution is 2.21. The molecule has 63 heavy (non-hydrogen) atoms. The van der Waals surface area contributed by atoms with Gasteiger partial charge in [-0.1, -0.05) is 6.07 Å². The summed E-state index contributed by atoms with van der Waals surface area (Å²) in [5, 5.41) is 29.6. The van der Waals surface area contributed by atoms with Gasteiger partial charge in [-0.05, 0) is 80.0 Å². The predicted octanol–water partition coefficient (Wildman–Crippen LogP) is 2.39. The molecule has 0 saturated heterocycles. The number of aliphatic hydroxyl groups is 2. The number of carbonyl (C=O) groups excluding carboxylic acids is 4. The minimum Gasteiger partial charge on any atom is -0.445 e. The third kappa shape index (κ3) is 29.1. The standard InChI is InChI=1S/C41H74N6O16/c1-25-10-11-34(46-38(50)60-23-35(13-48)62-40(52)44-28(4)17-58-32(8)21-54-19-30(6)56-15-26(2)42)12-37(25)47-39(51)61-24-36(14-49)63-41(53)45-29(5)18-59-33(9)22-55-20-31(7)57-16-27(3)43/h10-12,26-33,35-36,48-49H,13-24,42-43H2,1-9H3,(H,44,52)(H,45,53)(H,46,50)(H,47,51). The SMILES string of the molecule is Cc1ccc(NC(=O)OCC(CO)OC(=O)NC(C)COC(C)COCC(C)OCC(C)N)cc1NC(=O)OCC(CO)OC(=O)NC(C)COC(C)COCC(C)OCC(C)N. The Morgan fingerprint density at radius 1 is 0.540 bits per heavy atom. The topological polar surface area (TPSA) is 301 Å². The van der Waals surface area contributed by atoms with Crippen LogP contribution >= 0.6 is 0 Å². The fourth-order valence-electron chi connectivity index (χ4n) is 4.82. The minimum atomic E-state index is -1.17. The first kappa shape index (κ1) is 56.9. The van der Waals surface area contributed by atoms with Crippen LogP contribution in [0, 0.1) is 6.92 Å². The molecule has 0 spiro atoms. The number of ether oxygens (including phenoxy) is 10. The fourth-order valence-corrected chi connectivity index (χ4v) is 4.82. The second-order valence-corrected chi connectivity index (χ2v) is 15.6. The zero-order chi connectivity index (χ0) is 47.3. The van der Waals surface area contributed by atoms with Crippen LogP contribution in [0.2, 0.25) is 0 Å². The highest BCUT2D eigenvalue weighted by Gasteiger charge is 2.21. The number of carbonyl (C=O) groups is 4. The third-order valence-corrected chi connectivity index (χ3v) is 8.16. The number of anilines is 2. The van der Waals surface area contributed by atoms with Crippen molar-refractivity contribution in [3.63, 3.8) is 0 Å². The Labute approximate surface area is 370 Å². The molecule has 0 aliphatic rings. The number of hydrogen-bond acceptors (Lipinski definition) is 18. The Balaban J connectivity index is 2.43. The van der Waals surface area contributed by atoms with Crippen molar-refractivity contribution in [2.24, 2.45) is 11.5 Å². The molecule has 0 fully saturated rings. The number of nitrogens with one attached hydrogen (secondary N) is 4. The molecule has 4 amide bonds. The van der Waals surface area contributed by atoms with Gasteiger partial charge >= 0.3 is 24.4 Å². The molecule has 22 heteroatoms. The molecule has 22 nitrogen and oxygen atoms in total. The van der Waals surface area contributed by atoms with E-state index in [1.165, 1.54) is 6.07 Å². The summed E-state index contributed by atoms with van der Waals surface area (Å²) in [6.07, 6.45) is -6.68. The Morgan fingerprint density at radius 3 is 1.30 bits per heavy atom. The van der Waals surface area contributed by atoms with Gasteiger partial charge in [0, 0.05) is 23.5 Å². The minimum absolute atomic E-state index is 0.0645. The normalized spacial score (nSPS) is 16.1. The van der Waals surface area contributed by atoms with Gasteiger partial charge in [0.15, 0.2) is 12.2 Å². The van der Waals surface area contributed by atoms with Crippen LogP contribution in [0.1, 0.15) is 61.0 Å². The maximum atomic E-state index is 12.6. The van der Waals surface area contributed by atoms with Crippen molar-refractivity contribution in [3.8, 4) is 0 Å². The summed E-state index contributed by atoms with van der Waals surface area (Å²) >= 11 is 0. The van der Waals surface area contributed by atoms with E-state index in [-0.39, 0.29) is 61.1 Å². The van der Waals surface area contributed by atoms with E-state index in [0.717, 1.165) is 0 Å². The molecule has 1 rings (SSSR count). The first-order valence-corrected chi connectivity index (χ1v) is 21.1. The summed E-state index contributed by atoms with van der Waals surface area (Å²) < 4.78 is 54.5. The molecule has 0 aliphatic carbocycles. The zero-order valence-corrected chi connectivity index (χ0v) is 38.3. The van der Waals surface area contributed by atoms with E-state index in [1.807, 2.05) is 41.5 Å². The third-order valence-electron chi connectivity index (χ3n) is 8.16. The predicted molar refractivity (Wildman–Crippen MR) is 232 cm³/mol. The van der Waals surface area contributed by atoms with Crippen LogP contribution in [-0.2, 0) is 47.4 Å². The first-order chi connectivity index (χ1) is 29.8. The van der Waals surface area contributed by atoms with E-state index in [2.05, 4.69) is 21.3 Å². The van der Waals surface area contributed by atoms with Crippen LogP contribution in [0.15, 0.2) is 18.2 Å². The van der Waals surface area contributed by atoms with E-state index in [4.69, 9.17) is 58.8 Å². The molecule has 0 saturated carbocycles. The van der Waals surface area contributed by atoms with Gasteiger partial charge < -0.3 is 79.7 Å². The van der Waals surface area contributed by atoms with Crippen LogP contribution in [0.3, 0.4) is 0 Å². The summed E-state index contributed by atoms with van der Waals surface area (Å²) in [6.45, 7) is 16.6. The molecule has 0 aliphatic heterocycles. The summed E-state index contributed by atoms with van der Waals surface area (Å²) in [5.41, 5.74) is 12.5. The molecule has 364 valence electrons. The number of alkyl carbamates (subject to hydrolysis) is 2. The van der Waals surface area contributed by atoms with Crippen molar-refractivity contribution in [1.29, 1.82) is 0 Å². The molecule has 0 aromatic heterocycles. The summed E-state index contributed by atoms with van der Waals surface area (Å²) in [6, 6.07) is 3.55. The Kier molecular flexibility index (Phi) is 29.4. The number of rotatable bonds is 32. The molecule has 10 N–H and O–H groups in total. The fraction of sp³-hybridized carbons (Fsp3) is 0.756. The maximum absolute atomic E-state index is 12.6. The van der Waals surface area contributed by atoms with Crippen LogP contribution in [0.5, 0.6) is 0 Å². The van der Waals surface area contributed by atoms with Crippen molar-refractivity contribution in [2.45, 2.75) is 123 Å². The van der Waals surface area contributed by atoms with Crippen molar-refractivity contribution >= 4 is 35.7 Å². The number of benzene rings is 1. The van der Waals surface area contributed by atoms with E-state index in [0.29, 0.717) is 45.2 Å². The first-order valence-electron chi connectivity index (χ1n) is 21.1. The summed E-state index contributed by atoms with van der Waals surface area (Å²) in [5.74, 6) is 0. The van der Waals surface area contributed by atoms with Gasteiger partial charge in [-0.25, -0.2) is 19.2 Å². The van der Waals surface area contributed by atoms with Gasteiger partial charge in [0.05, 0.1) is 103 Å². The van der Waals surface area contributed by atoms with Crippen LogP contribution in [0.4, 0.5) is 30.6 Å². The average molecular weight is 907 g/mol. The van der Waals surface area contributed by atoms with Crippen molar-refractivity contribution in [1.82, 2.24) is 10.6 Å². The number of aryl methyl sites for hydroxylation is 1. The lowest BCUT2D eigenvalue weighted by Crippen LogP contribution is -2.41. The van der Waals surface area contributed by atoms with Crippen molar-refractivity contribution < 1.29 is 76.8 Å². The van der Waals surface area contributed by atoms with Gasteiger partial charge in [-0.15, -0.1) is 0 Å². The molecular formula is C41H74N6O16. The Bertz CT molecular complexity index is 1450. The monoisotopic (exact) mass is 907 g/mol. The van der Waals surface area contributed by atoms with Crippen molar-refractivity contribution in [2.75, 3.05) is 89.9 Å². The van der Waals surface area contributed by atoms with E-state index in [9.17, 15) is 29.4 Å². The van der Waals surface area contributed by atoms with Gasteiger partial charge in [0.25, 0.3) is 0 Å². The summed E-state index contributed by atoms with van der Waals surface area (Å²) in [4.78, 5) is 50.0. The molecule has 0 heterocycles. The van der Waals surface area contributed by atoms with Crippen LogP contribution in [-0.4, -0.2) is 175 Å².